The highest BCUT2D eigenvalue weighted by atomic mass is 32.2. The van der Waals surface area contributed by atoms with Gasteiger partial charge in [0.15, 0.2) is 0 Å². The van der Waals surface area contributed by atoms with Crippen LogP contribution in [0, 0.1) is 16.0 Å². The van der Waals surface area contributed by atoms with Crippen molar-refractivity contribution in [3.05, 3.63) is 64.2 Å². The van der Waals surface area contributed by atoms with Crippen molar-refractivity contribution in [3.63, 3.8) is 0 Å². The number of nitrogens with zero attached hydrogens (tertiary/aromatic N) is 4. The van der Waals surface area contributed by atoms with Gasteiger partial charge >= 0.3 is 6.01 Å². The average molecular weight is 500 g/mol. The molecule has 0 radical (unpaired) electrons. The van der Waals surface area contributed by atoms with Gasteiger partial charge in [0, 0.05) is 36.7 Å². The molecule has 0 spiro atoms. The molecule has 1 saturated heterocycles. The fourth-order valence-electron chi connectivity index (χ4n) is 3.88. The van der Waals surface area contributed by atoms with Crippen molar-refractivity contribution in [3.8, 4) is 11.5 Å². The van der Waals surface area contributed by atoms with Crippen LogP contribution in [0.1, 0.15) is 38.2 Å². The zero-order valence-corrected chi connectivity index (χ0v) is 20.1. The van der Waals surface area contributed by atoms with Gasteiger partial charge in [-0.25, -0.2) is 8.42 Å². The number of hydrogen-bond donors (Lipinski definition) is 1. The molecular weight excluding hydrogens is 474 g/mol. The second-order valence-corrected chi connectivity index (χ2v) is 10.5. The molecule has 1 aromatic heterocycles. The van der Waals surface area contributed by atoms with Gasteiger partial charge in [-0.05, 0) is 42.5 Å². The van der Waals surface area contributed by atoms with Crippen LogP contribution in [0.25, 0.3) is 11.5 Å². The summed E-state index contributed by atoms with van der Waals surface area (Å²) in [6.07, 6.45) is 0.696. The van der Waals surface area contributed by atoms with E-state index in [-0.39, 0.29) is 41.5 Å². The largest absolute Gasteiger partial charge is 0.403 e. The van der Waals surface area contributed by atoms with E-state index in [0.717, 1.165) is 5.56 Å². The summed E-state index contributed by atoms with van der Waals surface area (Å²) in [5.41, 5.74) is 1.30. The van der Waals surface area contributed by atoms with Crippen molar-refractivity contribution in [1.29, 1.82) is 0 Å². The Morgan fingerprint density at radius 1 is 1.14 bits per heavy atom. The minimum atomic E-state index is -3.64. The number of sulfonamides is 1. The Morgan fingerprint density at radius 3 is 2.46 bits per heavy atom. The van der Waals surface area contributed by atoms with Crippen LogP contribution in [0.3, 0.4) is 0 Å². The van der Waals surface area contributed by atoms with Gasteiger partial charge in [0.2, 0.25) is 21.8 Å². The van der Waals surface area contributed by atoms with Crippen LogP contribution in [0.5, 0.6) is 0 Å². The van der Waals surface area contributed by atoms with Crippen LogP contribution in [-0.4, -0.2) is 46.8 Å². The molecule has 1 aliphatic heterocycles. The molecule has 1 fully saturated rings. The molecule has 35 heavy (non-hydrogen) atoms. The van der Waals surface area contributed by atoms with Crippen LogP contribution < -0.4 is 5.32 Å². The smallest absolute Gasteiger partial charge is 0.322 e. The predicted molar refractivity (Wildman–Crippen MR) is 127 cm³/mol. The number of nitrogens with one attached hydrogen (secondary N) is 1. The van der Waals surface area contributed by atoms with Crippen molar-refractivity contribution in [1.82, 2.24) is 14.5 Å². The molecule has 0 unspecified atom stereocenters. The number of carbonyl (C=O) groups excluding carboxylic acids is 1. The third-order valence-corrected chi connectivity index (χ3v) is 7.88. The van der Waals surface area contributed by atoms with E-state index in [2.05, 4.69) is 15.5 Å². The van der Waals surface area contributed by atoms with E-state index in [9.17, 15) is 23.3 Å². The monoisotopic (exact) mass is 499 g/mol. The Balaban J connectivity index is 1.36. The van der Waals surface area contributed by atoms with Gasteiger partial charge in [-0.15, -0.1) is 5.10 Å². The summed E-state index contributed by atoms with van der Waals surface area (Å²) in [5, 5.41) is 21.1. The highest BCUT2D eigenvalue weighted by Gasteiger charge is 2.32. The second-order valence-electron chi connectivity index (χ2n) is 8.61. The van der Waals surface area contributed by atoms with E-state index >= 15 is 0 Å². The first-order valence-corrected chi connectivity index (χ1v) is 12.6. The summed E-state index contributed by atoms with van der Waals surface area (Å²) in [5.74, 6) is -0.425. The second kappa shape index (κ2) is 9.92. The molecule has 1 N–H and O–H groups in total. The van der Waals surface area contributed by atoms with Gasteiger partial charge in [-0.1, -0.05) is 37.1 Å². The number of benzene rings is 2. The van der Waals surface area contributed by atoms with E-state index in [1.54, 1.807) is 18.2 Å². The molecule has 4 rings (SSSR count). The SMILES string of the molecule is CC(C)c1ccc(S(=O)(=O)N2CCC(C(=O)Nc3nnc(-c4cccc([N+](=O)[O-])c4)o3)CC2)cc1. The molecule has 0 bridgehead atoms. The first-order valence-electron chi connectivity index (χ1n) is 11.1. The summed E-state index contributed by atoms with van der Waals surface area (Å²) >= 11 is 0. The van der Waals surface area contributed by atoms with E-state index in [1.807, 2.05) is 26.0 Å². The van der Waals surface area contributed by atoms with Crippen LogP contribution >= 0.6 is 0 Å². The standard InChI is InChI=1S/C23H25N5O6S/c1-15(2)16-6-8-20(9-7-16)35(32,33)27-12-10-17(11-13-27)21(29)24-23-26-25-22(34-23)18-4-3-5-19(14-18)28(30)31/h3-9,14-15,17H,10-13H2,1-2H3,(H,24,26,29). The molecular formula is C23H25N5O6S. The van der Waals surface area contributed by atoms with E-state index in [1.165, 1.54) is 22.5 Å². The van der Waals surface area contributed by atoms with Gasteiger partial charge in [0.05, 0.1) is 9.82 Å². The van der Waals surface area contributed by atoms with Gasteiger partial charge in [-0.3, -0.25) is 20.2 Å². The Kier molecular flexibility index (Phi) is 6.94. The molecule has 1 aliphatic rings. The number of nitro groups is 1. The molecule has 1 amide bonds. The Hall–Kier alpha value is -3.64. The maximum atomic E-state index is 13.0. The van der Waals surface area contributed by atoms with E-state index < -0.39 is 20.9 Å². The highest BCUT2D eigenvalue weighted by molar-refractivity contribution is 7.89. The molecule has 0 atom stereocenters. The van der Waals surface area contributed by atoms with Crippen molar-refractivity contribution < 1.29 is 22.6 Å². The predicted octanol–water partition coefficient (Wildman–Crippen LogP) is 3.81. The number of non-ortho nitro benzene ring substituents is 1. The summed E-state index contributed by atoms with van der Waals surface area (Å²) < 4.78 is 32.8. The molecule has 0 aliphatic carbocycles. The van der Waals surface area contributed by atoms with Crippen molar-refractivity contribution >= 4 is 27.6 Å². The quantitative estimate of drug-likeness (QED) is 0.381. The Bertz CT molecular complexity index is 1330. The minimum absolute atomic E-state index is 0.0356. The number of nitro benzene ring substituents is 1. The maximum absolute atomic E-state index is 13.0. The number of hydrogen-bond acceptors (Lipinski definition) is 8. The summed E-state index contributed by atoms with van der Waals surface area (Å²) in [6.45, 7) is 4.52. The molecule has 11 nitrogen and oxygen atoms in total. The number of aromatic nitrogens is 2. The van der Waals surface area contributed by atoms with Gasteiger partial charge in [0.25, 0.3) is 5.69 Å². The van der Waals surface area contributed by atoms with Gasteiger partial charge in [-0.2, -0.15) is 4.31 Å². The fourth-order valence-corrected chi connectivity index (χ4v) is 5.35. The molecule has 184 valence electrons. The molecule has 12 heteroatoms. The first kappa shape index (κ1) is 24.5. The number of amides is 1. The molecule has 2 aromatic carbocycles. The van der Waals surface area contributed by atoms with Crippen LogP contribution in [0.4, 0.5) is 11.7 Å². The van der Waals surface area contributed by atoms with Crippen LogP contribution in [0.2, 0.25) is 0 Å². The minimum Gasteiger partial charge on any atom is -0.403 e. The summed E-state index contributed by atoms with van der Waals surface area (Å²) in [7, 11) is -3.64. The third kappa shape index (κ3) is 5.38. The van der Waals surface area contributed by atoms with Crippen LogP contribution in [-0.2, 0) is 14.8 Å². The lowest BCUT2D eigenvalue weighted by molar-refractivity contribution is -0.384. The van der Waals surface area contributed by atoms with Crippen LogP contribution in [0.15, 0.2) is 57.8 Å². The van der Waals surface area contributed by atoms with Gasteiger partial charge < -0.3 is 4.42 Å². The number of piperidine rings is 1. The van der Waals surface area contributed by atoms with Crippen molar-refractivity contribution in [2.45, 2.75) is 37.5 Å². The maximum Gasteiger partial charge on any atom is 0.322 e. The molecule has 2 heterocycles. The topological polar surface area (TPSA) is 149 Å². The zero-order chi connectivity index (χ0) is 25.2. The lowest BCUT2D eigenvalue weighted by atomic mass is 9.97. The third-order valence-electron chi connectivity index (χ3n) is 5.97. The van der Waals surface area contributed by atoms with E-state index in [4.69, 9.17) is 4.42 Å². The number of anilines is 1. The number of carbonyl (C=O) groups is 1. The lowest BCUT2D eigenvalue weighted by Crippen LogP contribution is -2.41. The average Bonchev–Trinajstić information content (AvgIpc) is 3.32. The van der Waals surface area contributed by atoms with Crippen molar-refractivity contribution in [2.24, 2.45) is 5.92 Å². The van der Waals surface area contributed by atoms with Crippen molar-refractivity contribution in [2.75, 3.05) is 18.4 Å². The van der Waals surface area contributed by atoms with Gasteiger partial charge in [0.1, 0.15) is 0 Å². The first-order chi connectivity index (χ1) is 16.6. The summed E-state index contributed by atoms with van der Waals surface area (Å²) in [4.78, 5) is 23.4. The normalized spacial score (nSPS) is 15.3. The highest BCUT2D eigenvalue weighted by Crippen LogP contribution is 2.27. The summed E-state index contributed by atoms with van der Waals surface area (Å²) in [6, 6.07) is 12.5. The molecule has 0 saturated carbocycles. The Labute approximate surface area is 202 Å². The van der Waals surface area contributed by atoms with E-state index in [0.29, 0.717) is 24.3 Å². The zero-order valence-electron chi connectivity index (χ0n) is 19.2. The Morgan fingerprint density at radius 2 is 1.83 bits per heavy atom. The number of rotatable bonds is 7. The lowest BCUT2D eigenvalue weighted by Gasteiger charge is -2.30. The fraction of sp³-hybridized carbons (Fsp3) is 0.348. The molecule has 3 aromatic rings.